The second-order valence-corrected chi connectivity index (χ2v) is 9.54. The van der Waals surface area contributed by atoms with Crippen LogP contribution in [0, 0.1) is 0 Å². The van der Waals surface area contributed by atoms with Crippen molar-refractivity contribution in [1.82, 2.24) is 0 Å². The van der Waals surface area contributed by atoms with Gasteiger partial charge in [-0.1, -0.05) is 12.1 Å². The van der Waals surface area contributed by atoms with Crippen molar-refractivity contribution in [2.45, 2.75) is 6.42 Å². The molecule has 0 fully saturated rings. The number of benzene rings is 2. The van der Waals surface area contributed by atoms with Gasteiger partial charge in [0.2, 0.25) is 0 Å². The number of rotatable bonds is 8. The van der Waals surface area contributed by atoms with E-state index in [0.717, 1.165) is 53.2 Å². The van der Waals surface area contributed by atoms with E-state index in [-0.39, 0.29) is 0 Å². The molecule has 0 bridgehead atoms. The van der Waals surface area contributed by atoms with Crippen LogP contribution in [0.15, 0.2) is 36.4 Å². The minimum atomic E-state index is 0.736. The zero-order valence-electron chi connectivity index (χ0n) is 17.7. The van der Waals surface area contributed by atoms with Crippen molar-refractivity contribution in [3.8, 4) is 22.6 Å². The fourth-order valence-corrected chi connectivity index (χ4v) is 3.22. The van der Waals surface area contributed by atoms with Crippen molar-refractivity contribution in [2.75, 3.05) is 68.6 Å². The van der Waals surface area contributed by atoms with Gasteiger partial charge in [-0.05, 0) is 52.9 Å². The van der Waals surface area contributed by atoms with Crippen molar-refractivity contribution in [3.63, 3.8) is 0 Å². The van der Waals surface area contributed by atoms with Gasteiger partial charge >= 0.3 is 0 Å². The fraction of sp³-hybridized carbons (Fsp3) is 0.478. The average molecular weight is 371 g/mol. The molecule has 0 unspecified atom stereocenters. The summed E-state index contributed by atoms with van der Waals surface area (Å²) in [5, 5.41) is 0. The molecule has 2 aromatic rings. The third-order valence-electron chi connectivity index (χ3n) is 4.89. The van der Waals surface area contributed by atoms with E-state index in [9.17, 15) is 0 Å². The van der Waals surface area contributed by atoms with E-state index in [1.807, 2.05) is 0 Å². The molecule has 0 aromatic heterocycles. The number of hydrogen-bond acceptors (Lipinski definition) is 2. The first-order valence-corrected chi connectivity index (χ1v) is 9.73. The molecule has 0 heterocycles. The predicted octanol–water partition coefficient (Wildman–Crippen LogP) is 3.43. The topological polar surface area (TPSA) is 18.5 Å². The maximum atomic E-state index is 5.97. The summed E-state index contributed by atoms with van der Waals surface area (Å²) in [6.45, 7) is 3.45. The largest absolute Gasteiger partial charge is 0.488 e. The summed E-state index contributed by atoms with van der Waals surface area (Å²) in [6.07, 6.45) is 0.948. The molecule has 146 valence electrons. The number of quaternary nitrogens is 2. The lowest BCUT2D eigenvalue weighted by atomic mass is 10.1. The molecule has 2 aromatic carbocycles. The Labute approximate surface area is 164 Å². The van der Waals surface area contributed by atoms with Crippen molar-refractivity contribution in [1.29, 1.82) is 0 Å². The second-order valence-electron chi connectivity index (χ2n) is 9.54. The van der Waals surface area contributed by atoms with Crippen LogP contribution in [0.2, 0.25) is 0 Å². The molecule has 4 nitrogen and oxygen atoms in total. The van der Waals surface area contributed by atoms with Crippen LogP contribution in [0.25, 0.3) is 11.1 Å². The minimum Gasteiger partial charge on any atom is -0.488 e. The van der Waals surface area contributed by atoms with E-state index in [1.165, 1.54) is 22.3 Å². The van der Waals surface area contributed by atoms with Gasteiger partial charge in [-0.15, -0.1) is 0 Å². The van der Waals surface area contributed by atoms with Gasteiger partial charge in [0, 0.05) is 0 Å². The van der Waals surface area contributed by atoms with Crippen LogP contribution >= 0.6 is 0 Å². The molecular formula is C23H34N2O2+2. The first kappa shape index (κ1) is 19.7. The molecule has 0 atom stereocenters. The highest BCUT2D eigenvalue weighted by atomic mass is 16.5. The minimum absolute atomic E-state index is 0.736. The second kappa shape index (κ2) is 7.53. The Morgan fingerprint density at radius 1 is 0.667 bits per heavy atom. The maximum absolute atomic E-state index is 5.97. The van der Waals surface area contributed by atoms with Gasteiger partial charge in [-0.25, -0.2) is 0 Å². The molecule has 0 aliphatic heterocycles. The normalized spacial score (nSPS) is 13.3. The highest BCUT2D eigenvalue weighted by Crippen LogP contribution is 2.39. The molecule has 0 radical (unpaired) electrons. The summed E-state index contributed by atoms with van der Waals surface area (Å²) in [4.78, 5) is 0. The Hall–Kier alpha value is -2.04. The van der Waals surface area contributed by atoms with Gasteiger partial charge in [0.05, 0.1) is 42.3 Å². The Balaban J connectivity index is 1.64. The molecule has 1 aliphatic rings. The smallest absolute Gasteiger partial charge is 0.137 e. The number of likely N-dealkylation sites (N-methyl/N-ethyl adjacent to an activating group) is 2. The zero-order valence-corrected chi connectivity index (χ0v) is 17.7. The SMILES string of the molecule is C[N+](C)(C)CCOc1ccc2c(c1)Cc1cc(OCC[N+](C)(C)C)ccc1-2. The summed E-state index contributed by atoms with van der Waals surface area (Å²) in [6, 6.07) is 13.0. The first-order chi connectivity index (χ1) is 12.6. The molecule has 0 saturated carbocycles. The van der Waals surface area contributed by atoms with Gasteiger partial charge in [0.25, 0.3) is 0 Å². The van der Waals surface area contributed by atoms with Crippen molar-refractivity contribution in [3.05, 3.63) is 47.5 Å². The summed E-state index contributed by atoms with van der Waals surface area (Å²) in [5.74, 6) is 1.93. The lowest BCUT2D eigenvalue weighted by Crippen LogP contribution is -2.38. The van der Waals surface area contributed by atoms with Gasteiger partial charge in [-0.2, -0.15) is 0 Å². The molecule has 0 saturated heterocycles. The molecule has 0 amide bonds. The first-order valence-electron chi connectivity index (χ1n) is 9.73. The van der Waals surface area contributed by atoms with Crippen molar-refractivity contribution in [2.24, 2.45) is 0 Å². The van der Waals surface area contributed by atoms with Crippen LogP contribution < -0.4 is 9.47 Å². The van der Waals surface area contributed by atoms with Gasteiger partial charge in [-0.3, -0.25) is 0 Å². The highest BCUT2D eigenvalue weighted by molar-refractivity contribution is 5.78. The molecule has 1 aliphatic carbocycles. The van der Waals surface area contributed by atoms with Gasteiger partial charge in [0.1, 0.15) is 37.8 Å². The maximum Gasteiger partial charge on any atom is 0.137 e. The Morgan fingerprint density at radius 2 is 1.07 bits per heavy atom. The molecule has 27 heavy (non-hydrogen) atoms. The average Bonchev–Trinajstić information content (AvgIpc) is 2.89. The number of hydrogen-bond donors (Lipinski definition) is 0. The van der Waals surface area contributed by atoms with Crippen LogP contribution in [0.3, 0.4) is 0 Å². The van der Waals surface area contributed by atoms with E-state index >= 15 is 0 Å². The standard InChI is InChI=1S/C23H34N2O2/c1-24(2,3)11-13-26-20-7-9-22-18(16-20)15-19-17-21(8-10-23(19)22)27-14-12-25(4,5)6/h7-10,16-17H,11-15H2,1-6H3/q+2. The lowest BCUT2D eigenvalue weighted by molar-refractivity contribution is -0.870. The molecule has 0 N–H and O–H groups in total. The van der Waals surface area contributed by atoms with Crippen LogP contribution in [-0.4, -0.2) is 77.6 Å². The highest BCUT2D eigenvalue weighted by Gasteiger charge is 2.20. The number of ether oxygens (including phenoxy) is 2. The monoisotopic (exact) mass is 370 g/mol. The Morgan fingerprint density at radius 3 is 1.44 bits per heavy atom. The Kier molecular flexibility index (Phi) is 5.50. The van der Waals surface area contributed by atoms with Crippen molar-refractivity contribution >= 4 is 0 Å². The van der Waals surface area contributed by atoms with E-state index in [1.54, 1.807) is 0 Å². The van der Waals surface area contributed by atoms with Crippen molar-refractivity contribution < 1.29 is 18.4 Å². The quantitative estimate of drug-likeness (QED) is 0.566. The van der Waals surface area contributed by atoms with E-state index in [4.69, 9.17) is 9.47 Å². The summed E-state index contributed by atoms with van der Waals surface area (Å²) in [5.41, 5.74) is 5.33. The van der Waals surface area contributed by atoms with Gasteiger partial charge in [0.15, 0.2) is 0 Å². The molecular weight excluding hydrogens is 336 g/mol. The van der Waals surface area contributed by atoms with Gasteiger partial charge < -0.3 is 18.4 Å². The Bertz CT molecular complexity index is 734. The number of fused-ring (bicyclic) bond motifs is 3. The van der Waals surface area contributed by atoms with Crippen LogP contribution in [0.5, 0.6) is 11.5 Å². The van der Waals surface area contributed by atoms with E-state index < -0.39 is 0 Å². The van der Waals surface area contributed by atoms with Crippen LogP contribution in [0.4, 0.5) is 0 Å². The lowest BCUT2D eigenvalue weighted by Gasteiger charge is -2.23. The van der Waals surface area contributed by atoms with Crippen LogP contribution in [-0.2, 0) is 6.42 Å². The predicted molar refractivity (Wildman–Crippen MR) is 111 cm³/mol. The van der Waals surface area contributed by atoms with E-state index in [0.29, 0.717) is 0 Å². The van der Waals surface area contributed by atoms with E-state index in [2.05, 4.69) is 78.7 Å². The molecule has 3 rings (SSSR count). The molecule has 0 spiro atoms. The third-order valence-corrected chi connectivity index (χ3v) is 4.89. The third kappa shape index (κ3) is 5.47. The number of nitrogens with zero attached hydrogens (tertiary/aromatic N) is 2. The summed E-state index contributed by atoms with van der Waals surface area (Å²) < 4.78 is 13.8. The molecule has 4 heteroatoms. The fourth-order valence-electron chi connectivity index (χ4n) is 3.22. The summed E-state index contributed by atoms with van der Waals surface area (Å²) in [7, 11) is 13.1. The summed E-state index contributed by atoms with van der Waals surface area (Å²) >= 11 is 0. The van der Waals surface area contributed by atoms with Crippen LogP contribution in [0.1, 0.15) is 11.1 Å². The zero-order chi connectivity index (χ0) is 19.7.